The highest BCUT2D eigenvalue weighted by atomic mass is 35.5. The number of carbonyl (C=O) groups is 2. The third-order valence-corrected chi connectivity index (χ3v) is 5.54. The number of rotatable bonds is 9. The molecule has 0 aliphatic heterocycles. The Hall–Kier alpha value is -2.52. The number of carbonyl (C=O) groups excluding carboxylic acids is 1. The van der Waals surface area contributed by atoms with Crippen LogP contribution in [0.3, 0.4) is 0 Å². The van der Waals surface area contributed by atoms with Gasteiger partial charge in [0.2, 0.25) is 11.8 Å². The summed E-state index contributed by atoms with van der Waals surface area (Å²) in [7, 11) is 0. The van der Waals surface area contributed by atoms with Gasteiger partial charge in [0.25, 0.3) is 0 Å². The minimum Gasteiger partial charge on any atom is -0.478 e. The summed E-state index contributed by atoms with van der Waals surface area (Å²) in [6, 6.07) is 10.7. The Morgan fingerprint density at radius 3 is 2.74 bits per heavy atom. The number of anilines is 1. The number of benzene rings is 2. The first-order valence-corrected chi connectivity index (χ1v) is 11.3. The Bertz CT molecular complexity index is 1090. The van der Waals surface area contributed by atoms with Crippen LogP contribution >= 0.6 is 35.0 Å². The summed E-state index contributed by atoms with van der Waals surface area (Å²) in [5.74, 6) is -0.166. The molecule has 0 radical (unpaired) electrons. The number of carboxylic acids is 1. The second kappa shape index (κ2) is 10.7. The van der Waals surface area contributed by atoms with Crippen molar-refractivity contribution in [3.8, 4) is 11.3 Å². The highest BCUT2D eigenvalue weighted by Gasteiger charge is 2.21. The van der Waals surface area contributed by atoms with Crippen LogP contribution in [-0.2, 0) is 11.3 Å². The molecule has 0 fully saturated rings. The molecule has 2 aromatic carbocycles. The molecule has 0 saturated heterocycles. The van der Waals surface area contributed by atoms with Gasteiger partial charge in [-0.25, -0.2) is 9.78 Å². The molecule has 0 spiro atoms. The molecule has 1 heterocycles. The van der Waals surface area contributed by atoms with Gasteiger partial charge in [0, 0.05) is 16.3 Å². The van der Waals surface area contributed by atoms with E-state index in [1.807, 2.05) is 6.26 Å². The number of hydrogen-bond donors (Lipinski definition) is 3. The number of halogens is 2. The maximum absolute atomic E-state index is 12.7. The summed E-state index contributed by atoms with van der Waals surface area (Å²) in [5.41, 5.74) is 0.882. The molecule has 1 atom stereocenters. The van der Waals surface area contributed by atoms with Crippen LogP contribution in [0.2, 0.25) is 10.0 Å². The van der Waals surface area contributed by atoms with Gasteiger partial charge in [0.15, 0.2) is 5.76 Å². The van der Waals surface area contributed by atoms with E-state index in [9.17, 15) is 14.7 Å². The van der Waals surface area contributed by atoms with E-state index >= 15 is 0 Å². The van der Waals surface area contributed by atoms with Gasteiger partial charge in [0.1, 0.15) is 0 Å². The van der Waals surface area contributed by atoms with Crippen molar-refractivity contribution in [2.45, 2.75) is 12.6 Å². The van der Waals surface area contributed by atoms with E-state index in [1.54, 1.807) is 42.6 Å². The first-order valence-electron chi connectivity index (χ1n) is 9.14. The predicted octanol–water partition coefficient (Wildman–Crippen LogP) is 4.81. The molecule has 0 aliphatic rings. The summed E-state index contributed by atoms with van der Waals surface area (Å²) >= 11 is 13.7. The lowest BCUT2D eigenvalue weighted by Crippen LogP contribution is -2.42. The molecule has 3 rings (SSSR count). The smallest absolute Gasteiger partial charge is 0.337 e. The number of nitrogens with one attached hydrogen (secondary N) is 2. The van der Waals surface area contributed by atoms with Crippen molar-refractivity contribution < 1.29 is 19.1 Å². The van der Waals surface area contributed by atoms with Gasteiger partial charge in [-0.15, -0.1) is 0 Å². The SMILES string of the molecule is CSCC(NCc1ncc(-c2cc(Cl)ccc2Cl)o1)C(=O)Nc1ccccc1C(=O)O. The van der Waals surface area contributed by atoms with Crippen LogP contribution in [-0.4, -0.2) is 40.0 Å². The van der Waals surface area contributed by atoms with Crippen LogP contribution < -0.4 is 10.6 Å². The lowest BCUT2D eigenvalue weighted by Gasteiger charge is -2.17. The largest absolute Gasteiger partial charge is 0.478 e. The Morgan fingerprint density at radius 1 is 1.23 bits per heavy atom. The number of hydrogen-bond acceptors (Lipinski definition) is 6. The zero-order valence-electron chi connectivity index (χ0n) is 16.4. The number of thioether (sulfide) groups is 1. The van der Waals surface area contributed by atoms with Crippen molar-refractivity contribution in [2.75, 3.05) is 17.3 Å². The highest BCUT2D eigenvalue weighted by molar-refractivity contribution is 7.98. The zero-order chi connectivity index (χ0) is 22.4. The number of aromatic carboxylic acids is 1. The number of aromatic nitrogens is 1. The van der Waals surface area contributed by atoms with Crippen molar-refractivity contribution in [2.24, 2.45) is 0 Å². The van der Waals surface area contributed by atoms with Gasteiger partial charge < -0.3 is 14.8 Å². The monoisotopic (exact) mass is 479 g/mol. The average Bonchev–Trinajstić information content (AvgIpc) is 3.21. The molecule has 3 N–H and O–H groups in total. The quantitative estimate of drug-likeness (QED) is 0.404. The van der Waals surface area contributed by atoms with E-state index < -0.39 is 12.0 Å². The van der Waals surface area contributed by atoms with E-state index in [4.69, 9.17) is 27.6 Å². The van der Waals surface area contributed by atoms with Crippen molar-refractivity contribution >= 4 is 52.5 Å². The Morgan fingerprint density at radius 2 is 2.00 bits per heavy atom. The van der Waals surface area contributed by atoms with Crippen molar-refractivity contribution in [3.05, 3.63) is 70.2 Å². The van der Waals surface area contributed by atoms with Crippen molar-refractivity contribution in [3.63, 3.8) is 0 Å². The van der Waals surface area contributed by atoms with E-state index in [0.29, 0.717) is 33.0 Å². The maximum Gasteiger partial charge on any atom is 0.337 e. The molecule has 10 heteroatoms. The van der Waals surface area contributed by atoms with Crippen LogP contribution in [0, 0.1) is 0 Å². The number of para-hydroxylation sites is 1. The van der Waals surface area contributed by atoms with E-state index in [1.165, 1.54) is 17.8 Å². The molecule has 162 valence electrons. The zero-order valence-corrected chi connectivity index (χ0v) is 18.7. The lowest BCUT2D eigenvalue weighted by molar-refractivity contribution is -0.117. The molecule has 7 nitrogen and oxygen atoms in total. The third-order valence-electron chi connectivity index (χ3n) is 4.31. The summed E-state index contributed by atoms with van der Waals surface area (Å²) < 4.78 is 5.75. The normalized spacial score (nSPS) is 11.8. The first-order chi connectivity index (χ1) is 14.9. The van der Waals surface area contributed by atoms with Crippen LogP contribution in [0.5, 0.6) is 0 Å². The summed E-state index contributed by atoms with van der Waals surface area (Å²) in [6.45, 7) is 0.192. The second-order valence-electron chi connectivity index (χ2n) is 6.47. The number of amides is 1. The Kier molecular flexibility index (Phi) is 7.97. The second-order valence-corrected chi connectivity index (χ2v) is 8.23. The molecular formula is C21H19Cl2N3O4S. The highest BCUT2D eigenvalue weighted by Crippen LogP contribution is 2.31. The Balaban J connectivity index is 1.69. The molecule has 1 aromatic heterocycles. The van der Waals surface area contributed by atoms with Gasteiger partial charge in [0.05, 0.1) is 35.1 Å². The summed E-state index contributed by atoms with van der Waals surface area (Å²) in [6.07, 6.45) is 3.42. The standard InChI is InChI=1S/C21H19Cl2N3O4S/c1-31-11-17(20(27)26-16-5-3-2-4-13(16)21(28)29)24-10-19-25-9-18(30-19)14-8-12(22)6-7-15(14)23/h2-9,17,24H,10-11H2,1H3,(H,26,27)(H,28,29). The minimum absolute atomic E-state index is 0.0227. The van der Waals surface area contributed by atoms with Crippen LogP contribution in [0.4, 0.5) is 5.69 Å². The van der Waals surface area contributed by atoms with Crippen molar-refractivity contribution in [1.82, 2.24) is 10.3 Å². The van der Waals surface area contributed by atoms with Gasteiger partial charge in [-0.05, 0) is 36.6 Å². The fourth-order valence-corrected chi connectivity index (χ4v) is 3.79. The molecule has 0 saturated carbocycles. The van der Waals surface area contributed by atoms with Gasteiger partial charge in [-0.2, -0.15) is 11.8 Å². The van der Waals surface area contributed by atoms with Crippen molar-refractivity contribution in [1.29, 1.82) is 0 Å². The van der Waals surface area contributed by atoms with Gasteiger partial charge >= 0.3 is 5.97 Å². The molecule has 1 amide bonds. The average molecular weight is 480 g/mol. The molecular weight excluding hydrogens is 461 g/mol. The van der Waals surface area contributed by atoms with Crippen LogP contribution in [0.15, 0.2) is 53.1 Å². The number of nitrogens with zero attached hydrogens (tertiary/aromatic N) is 1. The van der Waals surface area contributed by atoms with Gasteiger partial charge in [-0.1, -0.05) is 35.3 Å². The lowest BCUT2D eigenvalue weighted by atomic mass is 10.1. The molecule has 1 unspecified atom stereocenters. The van der Waals surface area contributed by atoms with Gasteiger partial charge in [-0.3, -0.25) is 10.1 Å². The Labute approximate surface area is 193 Å². The molecule has 0 bridgehead atoms. The molecule has 0 aliphatic carbocycles. The summed E-state index contributed by atoms with van der Waals surface area (Å²) in [4.78, 5) is 28.3. The topological polar surface area (TPSA) is 104 Å². The van der Waals surface area contributed by atoms with Crippen LogP contribution in [0.25, 0.3) is 11.3 Å². The number of oxazole rings is 1. The molecule has 3 aromatic rings. The fraction of sp³-hybridized carbons (Fsp3) is 0.190. The maximum atomic E-state index is 12.7. The molecule has 31 heavy (non-hydrogen) atoms. The predicted molar refractivity (Wildman–Crippen MR) is 123 cm³/mol. The van der Waals surface area contributed by atoms with E-state index in [2.05, 4.69) is 15.6 Å². The van der Waals surface area contributed by atoms with E-state index in [-0.39, 0.29) is 23.7 Å². The third kappa shape index (κ3) is 6.01. The number of carboxylic acid groups (broad SMARTS) is 1. The minimum atomic E-state index is -1.11. The van der Waals surface area contributed by atoms with Crippen LogP contribution in [0.1, 0.15) is 16.2 Å². The summed E-state index contributed by atoms with van der Waals surface area (Å²) in [5, 5.41) is 16.1. The fourth-order valence-electron chi connectivity index (χ4n) is 2.81. The first kappa shape index (κ1) is 23.1. The van der Waals surface area contributed by atoms with E-state index in [0.717, 1.165) is 0 Å².